The number of β-amino-alcohol motifs (C(OH)–C–C–N with tert-alkyl or cyclic N) is 1. The Balaban J connectivity index is 2.42. The molecule has 0 aromatic carbocycles. The minimum Gasteiger partial charge on any atom is -0.624 e. The van der Waals surface area contributed by atoms with Crippen LogP contribution < -0.4 is 0 Å². The Morgan fingerprint density at radius 3 is 2.71 bits per heavy atom. The lowest BCUT2D eigenvalue weighted by Crippen LogP contribution is -2.10. The van der Waals surface area contributed by atoms with Crippen LogP contribution in [0.25, 0.3) is 0 Å². The van der Waals surface area contributed by atoms with Crippen molar-refractivity contribution >= 4 is 6.21 Å². The van der Waals surface area contributed by atoms with Gasteiger partial charge in [-0.15, -0.1) is 0 Å². The standard InChI is InChI=1S/C4H7NO2/c6-4-1-2-5(7)3-4/h2,4,6H,1,3H2/t4-/m1/s1. The minimum atomic E-state index is -0.419. The molecule has 0 amide bonds. The van der Waals surface area contributed by atoms with Gasteiger partial charge in [-0.2, -0.15) is 0 Å². The van der Waals surface area contributed by atoms with Crippen molar-refractivity contribution in [2.45, 2.75) is 12.5 Å². The topological polar surface area (TPSA) is 46.3 Å². The summed E-state index contributed by atoms with van der Waals surface area (Å²) >= 11 is 0. The van der Waals surface area contributed by atoms with Crippen molar-refractivity contribution in [1.29, 1.82) is 0 Å². The van der Waals surface area contributed by atoms with E-state index in [0.29, 0.717) is 6.42 Å². The van der Waals surface area contributed by atoms with E-state index in [1.165, 1.54) is 6.21 Å². The van der Waals surface area contributed by atoms with Gasteiger partial charge in [0.1, 0.15) is 6.10 Å². The molecule has 0 fully saturated rings. The summed E-state index contributed by atoms with van der Waals surface area (Å²) in [6.07, 6.45) is 1.55. The van der Waals surface area contributed by atoms with E-state index in [-0.39, 0.29) is 6.54 Å². The maximum atomic E-state index is 10.2. The van der Waals surface area contributed by atoms with Gasteiger partial charge in [-0.3, -0.25) is 0 Å². The molecule has 3 nitrogen and oxygen atoms in total. The van der Waals surface area contributed by atoms with Crippen molar-refractivity contribution in [2.24, 2.45) is 0 Å². The summed E-state index contributed by atoms with van der Waals surface area (Å²) in [4.78, 5) is 0. The fraction of sp³-hybridized carbons (Fsp3) is 0.750. The molecule has 0 aromatic rings. The first-order valence-corrected chi connectivity index (χ1v) is 2.24. The van der Waals surface area contributed by atoms with Gasteiger partial charge >= 0.3 is 0 Å². The number of hydrogen-bond acceptors (Lipinski definition) is 2. The number of hydroxylamine groups is 1. The predicted molar refractivity (Wildman–Crippen MR) is 25.2 cm³/mol. The fourth-order valence-electron chi connectivity index (χ4n) is 0.596. The van der Waals surface area contributed by atoms with E-state index in [2.05, 4.69) is 0 Å². The third kappa shape index (κ3) is 0.899. The SMILES string of the molecule is [O-][N+]1=CC[C@@H](O)C1. The van der Waals surface area contributed by atoms with Gasteiger partial charge in [0.05, 0.1) is 6.42 Å². The van der Waals surface area contributed by atoms with Crippen molar-refractivity contribution in [3.8, 4) is 0 Å². The first-order chi connectivity index (χ1) is 3.29. The Morgan fingerprint density at radius 2 is 2.57 bits per heavy atom. The largest absolute Gasteiger partial charge is 0.624 e. The molecule has 0 aromatic heterocycles. The van der Waals surface area contributed by atoms with Crippen LogP contribution in [-0.4, -0.2) is 28.7 Å². The Hall–Kier alpha value is -0.570. The highest BCUT2D eigenvalue weighted by Gasteiger charge is 2.14. The lowest BCUT2D eigenvalue weighted by Gasteiger charge is -1.95. The zero-order valence-electron chi connectivity index (χ0n) is 3.87. The van der Waals surface area contributed by atoms with Gasteiger partial charge in [0.15, 0.2) is 12.8 Å². The first-order valence-electron chi connectivity index (χ1n) is 2.24. The van der Waals surface area contributed by atoms with Gasteiger partial charge in [0.25, 0.3) is 0 Å². The molecule has 40 valence electrons. The number of hydrogen-bond donors (Lipinski definition) is 1. The van der Waals surface area contributed by atoms with Crippen molar-refractivity contribution in [3.05, 3.63) is 5.21 Å². The van der Waals surface area contributed by atoms with Crippen LogP contribution in [0.2, 0.25) is 0 Å². The molecular weight excluding hydrogens is 94.0 g/mol. The van der Waals surface area contributed by atoms with Gasteiger partial charge < -0.3 is 10.3 Å². The summed E-state index contributed by atoms with van der Waals surface area (Å²) in [6, 6.07) is 0. The van der Waals surface area contributed by atoms with Gasteiger partial charge in [-0.25, -0.2) is 4.74 Å². The summed E-state index contributed by atoms with van der Waals surface area (Å²) in [7, 11) is 0. The highest BCUT2D eigenvalue weighted by Crippen LogP contribution is 1.95. The van der Waals surface area contributed by atoms with Crippen LogP contribution in [-0.2, 0) is 0 Å². The van der Waals surface area contributed by atoms with Gasteiger partial charge in [0.2, 0.25) is 0 Å². The molecule has 0 saturated carbocycles. The smallest absolute Gasteiger partial charge is 0.179 e. The Kier molecular flexibility index (Phi) is 0.982. The average molecular weight is 101 g/mol. The second-order valence-corrected chi connectivity index (χ2v) is 1.67. The molecule has 1 rings (SSSR count). The van der Waals surface area contributed by atoms with Crippen molar-refractivity contribution in [3.63, 3.8) is 0 Å². The van der Waals surface area contributed by atoms with Gasteiger partial charge in [-0.1, -0.05) is 0 Å². The lowest BCUT2D eigenvalue weighted by atomic mass is 10.3. The summed E-state index contributed by atoms with van der Waals surface area (Å²) in [6.45, 7) is 0.250. The van der Waals surface area contributed by atoms with E-state index in [9.17, 15) is 5.21 Å². The third-order valence-electron chi connectivity index (χ3n) is 0.972. The molecule has 0 bridgehead atoms. The zero-order chi connectivity index (χ0) is 5.28. The predicted octanol–water partition coefficient (Wildman–Crippen LogP) is -0.668. The molecule has 1 N–H and O–H groups in total. The van der Waals surface area contributed by atoms with Gasteiger partial charge in [-0.05, 0) is 0 Å². The second-order valence-electron chi connectivity index (χ2n) is 1.67. The molecule has 1 atom stereocenters. The number of rotatable bonds is 0. The maximum absolute atomic E-state index is 10.2. The van der Waals surface area contributed by atoms with E-state index in [1.807, 2.05) is 0 Å². The Labute approximate surface area is 41.5 Å². The van der Waals surface area contributed by atoms with E-state index in [0.717, 1.165) is 4.74 Å². The van der Waals surface area contributed by atoms with Crippen LogP contribution in [0.1, 0.15) is 6.42 Å². The van der Waals surface area contributed by atoms with Crippen LogP contribution in [0.4, 0.5) is 0 Å². The monoisotopic (exact) mass is 101 g/mol. The minimum absolute atomic E-state index is 0.250. The molecule has 0 unspecified atom stereocenters. The van der Waals surface area contributed by atoms with E-state index in [1.54, 1.807) is 0 Å². The molecule has 0 radical (unpaired) electrons. The first kappa shape index (κ1) is 4.59. The summed E-state index contributed by atoms with van der Waals surface area (Å²) in [5, 5.41) is 18.8. The van der Waals surface area contributed by atoms with E-state index >= 15 is 0 Å². The van der Waals surface area contributed by atoms with Crippen LogP contribution in [0.3, 0.4) is 0 Å². The highest BCUT2D eigenvalue weighted by atomic mass is 16.5. The lowest BCUT2D eigenvalue weighted by molar-refractivity contribution is -0.452. The number of aliphatic hydroxyl groups is 1. The van der Waals surface area contributed by atoms with Crippen molar-refractivity contribution < 1.29 is 9.85 Å². The second kappa shape index (κ2) is 1.50. The molecule has 1 aliphatic rings. The molecule has 0 saturated heterocycles. The van der Waals surface area contributed by atoms with Crippen molar-refractivity contribution in [2.75, 3.05) is 6.54 Å². The normalized spacial score (nSPS) is 30.4. The quantitative estimate of drug-likeness (QED) is 0.325. The number of aliphatic hydroxyl groups excluding tert-OH is 1. The Bertz CT molecular complexity index is 99.9. The summed E-state index contributed by atoms with van der Waals surface area (Å²) in [5.74, 6) is 0. The van der Waals surface area contributed by atoms with Crippen LogP contribution >= 0.6 is 0 Å². The highest BCUT2D eigenvalue weighted by molar-refractivity contribution is 5.53. The van der Waals surface area contributed by atoms with Gasteiger partial charge in [0, 0.05) is 0 Å². The van der Waals surface area contributed by atoms with Crippen molar-refractivity contribution in [1.82, 2.24) is 0 Å². The fourth-order valence-corrected chi connectivity index (χ4v) is 0.596. The van der Waals surface area contributed by atoms with Crippen LogP contribution in [0, 0.1) is 5.21 Å². The third-order valence-corrected chi connectivity index (χ3v) is 0.972. The molecule has 7 heavy (non-hydrogen) atoms. The average Bonchev–Trinajstić information content (AvgIpc) is 1.87. The molecule has 1 heterocycles. The van der Waals surface area contributed by atoms with E-state index < -0.39 is 6.10 Å². The zero-order valence-corrected chi connectivity index (χ0v) is 3.87. The summed E-state index contributed by atoms with van der Waals surface area (Å²) < 4.78 is 0.755. The number of nitrogens with zero attached hydrogens (tertiary/aromatic N) is 1. The molecule has 0 spiro atoms. The molecule has 3 heteroatoms. The molecule has 1 aliphatic heterocycles. The maximum Gasteiger partial charge on any atom is 0.179 e. The molecular formula is C4H7NO2. The molecule has 0 aliphatic carbocycles. The summed E-state index contributed by atoms with van der Waals surface area (Å²) in [5.41, 5.74) is 0. The van der Waals surface area contributed by atoms with Crippen LogP contribution in [0.5, 0.6) is 0 Å². The van der Waals surface area contributed by atoms with E-state index in [4.69, 9.17) is 5.11 Å². The Morgan fingerprint density at radius 1 is 1.86 bits per heavy atom. The van der Waals surface area contributed by atoms with Crippen LogP contribution in [0.15, 0.2) is 0 Å².